The number of methoxy groups -OCH3 is 2. The molecular weight excluding hydrogens is 316 g/mol. The predicted octanol–water partition coefficient (Wildman–Crippen LogP) is 1.60. The summed E-state index contributed by atoms with van der Waals surface area (Å²) in [5.41, 5.74) is 9.25. The van der Waals surface area contributed by atoms with Crippen LogP contribution in [0.15, 0.2) is 27.9 Å². The Morgan fingerprint density at radius 1 is 1.29 bits per heavy atom. The van der Waals surface area contributed by atoms with Crippen molar-refractivity contribution >= 4 is 23.4 Å². The Morgan fingerprint density at radius 2 is 2.04 bits per heavy atom. The number of nitrogens with one attached hydrogen (secondary N) is 2. The minimum absolute atomic E-state index is 0.0202. The third-order valence-corrected chi connectivity index (χ3v) is 3.09. The maximum atomic E-state index is 11.8. The maximum Gasteiger partial charge on any atom is 0.340 e. The molecule has 24 heavy (non-hydrogen) atoms. The van der Waals surface area contributed by atoms with Gasteiger partial charge in [-0.3, -0.25) is 5.32 Å². The standard InChI is InChI=1S/C14H18N6O4/c1-4-9(8-5-6-10(22-2)11(7-8)23-3)17-18-14(21)16-13-12(15)19-24-20-13/h5-7H,4H2,1-3H3,(H2,15,19)(H2,16,18,20,21)/b17-9+. The van der Waals surface area contributed by atoms with Gasteiger partial charge in [-0.15, -0.1) is 0 Å². The molecule has 0 spiro atoms. The Labute approximate surface area is 138 Å². The first-order chi connectivity index (χ1) is 11.6. The molecule has 0 atom stereocenters. The molecule has 0 saturated carbocycles. The molecule has 0 bridgehead atoms. The van der Waals surface area contributed by atoms with Crippen LogP contribution >= 0.6 is 0 Å². The van der Waals surface area contributed by atoms with Crippen molar-refractivity contribution in [2.45, 2.75) is 13.3 Å². The maximum absolute atomic E-state index is 11.8. The summed E-state index contributed by atoms with van der Waals surface area (Å²) in [6.45, 7) is 1.91. The summed E-state index contributed by atoms with van der Waals surface area (Å²) >= 11 is 0. The molecule has 128 valence electrons. The van der Waals surface area contributed by atoms with Gasteiger partial charge in [0.1, 0.15) is 0 Å². The van der Waals surface area contributed by atoms with Gasteiger partial charge in [-0.05, 0) is 34.9 Å². The van der Waals surface area contributed by atoms with Gasteiger partial charge in [0.2, 0.25) is 11.6 Å². The van der Waals surface area contributed by atoms with E-state index in [0.717, 1.165) is 5.56 Å². The van der Waals surface area contributed by atoms with E-state index in [0.29, 0.717) is 23.6 Å². The smallest absolute Gasteiger partial charge is 0.340 e. The van der Waals surface area contributed by atoms with Crippen LogP contribution < -0.4 is 25.9 Å². The molecule has 2 amide bonds. The van der Waals surface area contributed by atoms with E-state index in [1.165, 1.54) is 0 Å². The van der Waals surface area contributed by atoms with Crippen LogP contribution in [0.5, 0.6) is 11.5 Å². The summed E-state index contributed by atoms with van der Waals surface area (Å²) < 4.78 is 14.8. The van der Waals surface area contributed by atoms with Crippen LogP contribution in [0.3, 0.4) is 0 Å². The van der Waals surface area contributed by atoms with Crippen molar-refractivity contribution in [2.75, 3.05) is 25.3 Å². The fraction of sp³-hybridized carbons (Fsp3) is 0.286. The number of hydrogen-bond acceptors (Lipinski definition) is 8. The molecule has 0 aliphatic rings. The Hall–Kier alpha value is -3.30. The van der Waals surface area contributed by atoms with Gasteiger partial charge in [-0.2, -0.15) is 5.10 Å². The van der Waals surface area contributed by atoms with Gasteiger partial charge in [0.15, 0.2) is 11.5 Å². The monoisotopic (exact) mass is 334 g/mol. The van der Waals surface area contributed by atoms with Gasteiger partial charge in [-0.25, -0.2) is 14.8 Å². The Morgan fingerprint density at radius 3 is 2.62 bits per heavy atom. The van der Waals surface area contributed by atoms with Crippen LogP contribution in [0.25, 0.3) is 0 Å². The van der Waals surface area contributed by atoms with E-state index in [2.05, 4.69) is 30.8 Å². The lowest BCUT2D eigenvalue weighted by Gasteiger charge is -2.10. The van der Waals surface area contributed by atoms with E-state index in [4.69, 9.17) is 15.2 Å². The quantitative estimate of drug-likeness (QED) is 0.539. The number of ether oxygens (including phenoxy) is 2. The van der Waals surface area contributed by atoms with Crippen LogP contribution in [0.1, 0.15) is 18.9 Å². The van der Waals surface area contributed by atoms with E-state index in [1.807, 2.05) is 13.0 Å². The average molecular weight is 334 g/mol. The lowest BCUT2D eigenvalue weighted by molar-refractivity contribution is 0.252. The molecule has 10 nitrogen and oxygen atoms in total. The van der Waals surface area contributed by atoms with E-state index < -0.39 is 6.03 Å². The predicted molar refractivity (Wildman–Crippen MR) is 87.2 cm³/mol. The summed E-state index contributed by atoms with van der Waals surface area (Å²) in [4.78, 5) is 11.8. The first kappa shape index (κ1) is 17.1. The minimum Gasteiger partial charge on any atom is -0.493 e. The zero-order chi connectivity index (χ0) is 17.5. The molecule has 1 aromatic heterocycles. The van der Waals surface area contributed by atoms with E-state index >= 15 is 0 Å². The van der Waals surface area contributed by atoms with Crippen molar-refractivity contribution in [1.82, 2.24) is 15.7 Å². The lowest BCUT2D eigenvalue weighted by atomic mass is 10.1. The Kier molecular flexibility index (Phi) is 5.55. The molecule has 0 saturated heterocycles. The van der Waals surface area contributed by atoms with Gasteiger partial charge in [-0.1, -0.05) is 6.92 Å². The highest BCUT2D eigenvalue weighted by Gasteiger charge is 2.11. The van der Waals surface area contributed by atoms with Crippen LogP contribution in [-0.2, 0) is 0 Å². The second-order valence-corrected chi connectivity index (χ2v) is 4.55. The minimum atomic E-state index is -0.621. The normalized spacial score (nSPS) is 11.0. The summed E-state index contributed by atoms with van der Waals surface area (Å²) in [7, 11) is 3.11. The zero-order valence-corrected chi connectivity index (χ0v) is 13.5. The number of anilines is 2. The first-order valence-electron chi connectivity index (χ1n) is 7.03. The second kappa shape index (κ2) is 7.81. The third kappa shape index (κ3) is 3.91. The molecule has 0 aliphatic carbocycles. The molecule has 0 radical (unpaired) electrons. The SMILES string of the molecule is CC/C(=N\NC(=O)Nc1nonc1N)c1ccc(OC)c(OC)c1. The highest BCUT2D eigenvalue weighted by Crippen LogP contribution is 2.28. The van der Waals surface area contributed by atoms with Crippen molar-refractivity contribution in [2.24, 2.45) is 5.10 Å². The second-order valence-electron chi connectivity index (χ2n) is 4.55. The van der Waals surface area contributed by atoms with Gasteiger partial charge >= 0.3 is 6.03 Å². The van der Waals surface area contributed by atoms with Crippen molar-refractivity contribution in [3.63, 3.8) is 0 Å². The topological polar surface area (TPSA) is 137 Å². The number of rotatable bonds is 6. The first-order valence-corrected chi connectivity index (χ1v) is 7.03. The molecule has 1 heterocycles. The largest absolute Gasteiger partial charge is 0.493 e. The lowest BCUT2D eigenvalue weighted by Crippen LogP contribution is -2.26. The molecule has 10 heteroatoms. The number of nitrogen functional groups attached to an aromatic ring is 1. The van der Waals surface area contributed by atoms with Crippen LogP contribution in [0, 0.1) is 0 Å². The number of carbonyl (C=O) groups is 1. The Bertz CT molecular complexity index is 743. The van der Waals surface area contributed by atoms with Crippen LogP contribution in [0.4, 0.5) is 16.4 Å². The van der Waals surface area contributed by atoms with Gasteiger partial charge < -0.3 is 15.2 Å². The van der Waals surface area contributed by atoms with Crippen molar-refractivity contribution in [3.05, 3.63) is 23.8 Å². The molecule has 2 aromatic rings. The fourth-order valence-corrected chi connectivity index (χ4v) is 1.90. The number of carbonyl (C=O) groups excluding carboxylic acids is 1. The summed E-state index contributed by atoms with van der Waals surface area (Å²) in [5.74, 6) is 1.18. The van der Waals surface area contributed by atoms with Gasteiger partial charge in [0.25, 0.3) is 0 Å². The number of amides is 2. The highest BCUT2D eigenvalue weighted by molar-refractivity contribution is 6.02. The number of hydrazone groups is 1. The number of hydrogen-bond donors (Lipinski definition) is 3. The number of nitrogens with two attached hydrogens (primary N) is 1. The van der Waals surface area contributed by atoms with Crippen LogP contribution in [-0.4, -0.2) is 36.3 Å². The molecule has 0 fully saturated rings. The van der Waals surface area contributed by atoms with Crippen molar-refractivity contribution < 1.29 is 18.9 Å². The van der Waals surface area contributed by atoms with Gasteiger partial charge in [0.05, 0.1) is 19.9 Å². The zero-order valence-electron chi connectivity index (χ0n) is 13.5. The molecule has 0 unspecified atom stereocenters. The van der Waals surface area contributed by atoms with Crippen LogP contribution in [0.2, 0.25) is 0 Å². The molecule has 4 N–H and O–H groups in total. The summed E-state index contributed by atoms with van der Waals surface area (Å²) in [5, 5.41) is 13.3. The number of nitrogens with zero attached hydrogens (tertiary/aromatic N) is 3. The highest BCUT2D eigenvalue weighted by atomic mass is 16.6. The number of aromatic nitrogens is 2. The molecule has 2 rings (SSSR count). The number of urea groups is 1. The summed E-state index contributed by atoms with van der Waals surface area (Å²) in [6.07, 6.45) is 0.587. The molecular formula is C14H18N6O4. The van der Waals surface area contributed by atoms with Gasteiger partial charge in [0, 0.05) is 5.56 Å². The Balaban J connectivity index is 2.11. The third-order valence-electron chi connectivity index (χ3n) is 3.09. The summed E-state index contributed by atoms with van der Waals surface area (Å²) in [6, 6.07) is 4.74. The molecule has 1 aromatic carbocycles. The molecule has 0 aliphatic heterocycles. The number of benzene rings is 1. The van der Waals surface area contributed by atoms with E-state index in [9.17, 15) is 4.79 Å². The average Bonchev–Trinajstić information content (AvgIpc) is 2.99. The van der Waals surface area contributed by atoms with E-state index in [1.54, 1.807) is 26.4 Å². The fourth-order valence-electron chi connectivity index (χ4n) is 1.90. The van der Waals surface area contributed by atoms with Crippen molar-refractivity contribution in [1.29, 1.82) is 0 Å². The van der Waals surface area contributed by atoms with Crippen molar-refractivity contribution in [3.8, 4) is 11.5 Å². The van der Waals surface area contributed by atoms with E-state index in [-0.39, 0.29) is 11.6 Å².